The van der Waals surface area contributed by atoms with Crippen LogP contribution < -0.4 is 10.6 Å². The SMILES string of the molecule is CCNC(=NCC(OC)c1cccc(Cl)c1)NCCN1CCOCC1.I. The first-order valence-electron chi connectivity index (χ1n) is 8.83. The molecule has 0 aliphatic carbocycles. The second kappa shape index (κ2) is 13.5. The van der Waals surface area contributed by atoms with Crippen molar-refractivity contribution in [3.63, 3.8) is 0 Å². The Kier molecular flexibility index (Phi) is 12.2. The molecule has 148 valence electrons. The monoisotopic (exact) mass is 496 g/mol. The molecule has 2 N–H and O–H groups in total. The molecule has 1 heterocycles. The normalized spacial score (nSPS) is 16.7. The van der Waals surface area contributed by atoms with Gasteiger partial charge in [-0.3, -0.25) is 9.89 Å². The van der Waals surface area contributed by atoms with Crippen molar-refractivity contribution >= 4 is 41.5 Å². The Bertz CT molecular complexity index is 542. The van der Waals surface area contributed by atoms with Crippen molar-refractivity contribution in [3.8, 4) is 0 Å². The zero-order chi connectivity index (χ0) is 17.9. The number of aliphatic imine (C=N–C) groups is 1. The van der Waals surface area contributed by atoms with Crippen molar-refractivity contribution in [1.29, 1.82) is 0 Å². The van der Waals surface area contributed by atoms with Crippen molar-refractivity contribution < 1.29 is 9.47 Å². The highest BCUT2D eigenvalue weighted by Gasteiger charge is 2.12. The van der Waals surface area contributed by atoms with E-state index in [2.05, 4.69) is 27.4 Å². The zero-order valence-corrected chi connectivity index (χ0v) is 18.6. The molecule has 1 aliphatic heterocycles. The first-order valence-corrected chi connectivity index (χ1v) is 9.21. The van der Waals surface area contributed by atoms with Gasteiger partial charge in [0.25, 0.3) is 0 Å². The number of ether oxygens (including phenoxy) is 2. The van der Waals surface area contributed by atoms with Crippen LogP contribution in [-0.4, -0.2) is 70.5 Å². The number of benzene rings is 1. The van der Waals surface area contributed by atoms with Gasteiger partial charge >= 0.3 is 0 Å². The minimum Gasteiger partial charge on any atom is -0.379 e. The molecule has 0 radical (unpaired) electrons. The van der Waals surface area contributed by atoms with Gasteiger partial charge in [-0.2, -0.15) is 0 Å². The van der Waals surface area contributed by atoms with Crippen LogP contribution >= 0.6 is 35.6 Å². The number of hydrogen-bond acceptors (Lipinski definition) is 4. The largest absolute Gasteiger partial charge is 0.379 e. The highest BCUT2D eigenvalue weighted by Crippen LogP contribution is 2.20. The Labute approximate surface area is 178 Å². The summed E-state index contributed by atoms with van der Waals surface area (Å²) in [5.41, 5.74) is 1.03. The molecule has 26 heavy (non-hydrogen) atoms. The number of hydrogen-bond donors (Lipinski definition) is 2. The smallest absolute Gasteiger partial charge is 0.191 e. The van der Waals surface area contributed by atoms with E-state index < -0.39 is 0 Å². The third-order valence-corrected chi connectivity index (χ3v) is 4.32. The number of guanidine groups is 1. The summed E-state index contributed by atoms with van der Waals surface area (Å²) in [7, 11) is 1.69. The van der Waals surface area contributed by atoms with Crippen LogP contribution in [0.15, 0.2) is 29.3 Å². The number of methoxy groups -OCH3 is 1. The predicted molar refractivity (Wildman–Crippen MR) is 118 cm³/mol. The van der Waals surface area contributed by atoms with Gasteiger partial charge in [-0.1, -0.05) is 23.7 Å². The molecule has 1 aromatic carbocycles. The van der Waals surface area contributed by atoms with Crippen LogP contribution in [0.5, 0.6) is 0 Å². The van der Waals surface area contributed by atoms with Gasteiger partial charge in [0.15, 0.2) is 5.96 Å². The molecule has 8 heteroatoms. The van der Waals surface area contributed by atoms with Crippen LogP contribution in [0.2, 0.25) is 5.02 Å². The predicted octanol–water partition coefficient (Wildman–Crippen LogP) is 2.53. The summed E-state index contributed by atoms with van der Waals surface area (Å²) in [5.74, 6) is 0.805. The van der Waals surface area contributed by atoms with E-state index in [-0.39, 0.29) is 30.1 Å². The summed E-state index contributed by atoms with van der Waals surface area (Å²) < 4.78 is 10.9. The van der Waals surface area contributed by atoms with E-state index in [4.69, 9.17) is 21.1 Å². The van der Waals surface area contributed by atoms with E-state index in [0.29, 0.717) is 11.6 Å². The quantitative estimate of drug-likeness (QED) is 0.329. The van der Waals surface area contributed by atoms with Crippen LogP contribution in [0.25, 0.3) is 0 Å². The molecule has 0 amide bonds. The Morgan fingerprint density at radius 3 is 2.77 bits per heavy atom. The van der Waals surface area contributed by atoms with E-state index in [1.807, 2.05) is 24.3 Å². The van der Waals surface area contributed by atoms with Gasteiger partial charge in [0.05, 0.1) is 19.8 Å². The average Bonchev–Trinajstić information content (AvgIpc) is 2.63. The molecule has 1 aliphatic rings. The number of morpholine rings is 1. The molecule has 0 spiro atoms. The van der Waals surface area contributed by atoms with Crippen LogP contribution in [0.3, 0.4) is 0 Å². The van der Waals surface area contributed by atoms with E-state index in [0.717, 1.165) is 57.5 Å². The maximum atomic E-state index is 6.07. The molecule has 0 aromatic heterocycles. The topological polar surface area (TPSA) is 58.1 Å². The Morgan fingerprint density at radius 2 is 2.12 bits per heavy atom. The highest BCUT2D eigenvalue weighted by molar-refractivity contribution is 14.0. The number of nitrogens with one attached hydrogen (secondary N) is 2. The van der Waals surface area contributed by atoms with E-state index in [1.54, 1.807) is 7.11 Å². The van der Waals surface area contributed by atoms with Crippen molar-refractivity contribution in [2.45, 2.75) is 13.0 Å². The molecule has 1 aromatic rings. The van der Waals surface area contributed by atoms with Crippen molar-refractivity contribution in [3.05, 3.63) is 34.9 Å². The lowest BCUT2D eigenvalue weighted by molar-refractivity contribution is 0.0389. The third-order valence-electron chi connectivity index (χ3n) is 4.09. The fraction of sp³-hybridized carbons (Fsp3) is 0.611. The van der Waals surface area contributed by atoms with Crippen molar-refractivity contribution in [2.75, 3.05) is 59.6 Å². The van der Waals surface area contributed by atoms with Gasteiger partial charge in [-0.15, -0.1) is 24.0 Å². The lowest BCUT2D eigenvalue weighted by atomic mass is 10.1. The Balaban J connectivity index is 0.00000338. The maximum absolute atomic E-state index is 6.07. The first-order chi connectivity index (χ1) is 12.2. The molecule has 1 saturated heterocycles. The first kappa shape index (κ1) is 23.4. The molecular formula is C18H30ClIN4O2. The minimum atomic E-state index is -0.117. The zero-order valence-electron chi connectivity index (χ0n) is 15.5. The lowest BCUT2D eigenvalue weighted by Crippen LogP contribution is -2.44. The van der Waals surface area contributed by atoms with Crippen LogP contribution in [0.1, 0.15) is 18.6 Å². The van der Waals surface area contributed by atoms with Crippen molar-refractivity contribution in [1.82, 2.24) is 15.5 Å². The molecule has 0 bridgehead atoms. The molecule has 1 atom stereocenters. The van der Waals surface area contributed by atoms with E-state index in [1.165, 1.54) is 0 Å². The van der Waals surface area contributed by atoms with Crippen LogP contribution in [-0.2, 0) is 9.47 Å². The third kappa shape index (κ3) is 8.39. The summed E-state index contributed by atoms with van der Waals surface area (Å²) in [5, 5.41) is 7.37. The van der Waals surface area contributed by atoms with Crippen molar-refractivity contribution in [2.24, 2.45) is 4.99 Å². The van der Waals surface area contributed by atoms with Crippen LogP contribution in [0, 0.1) is 0 Å². The number of halogens is 2. The Hall–Kier alpha value is -0.610. The van der Waals surface area contributed by atoms with Crippen LogP contribution in [0.4, 0.5) is 0 Å². The standard InChI is InChI=1S/C18H29ClN4O2.HI/c1-3-20-18(21-7-8-23-9-11-25-12-10-23)22-14-17(24-2)15-5-4-6-16(19)13-15;/h4-6,13,17H,3,7-12,14H2,1-2H3,(H2,20,21,22);1H. The fourth-order valence-corrected chi connectivity index (χ4v) is 2.89. The summed E-state index contributed by atoms with van der Waals surface area (Å²) in [6.45, 7) is 8.88. The molecule has 1 unspecified atom stereocenters. The van der Waals surface area contributed by atoms with Gasteiger partial charge in [0.2, 0.25) is 0 Å². The lowest BCUT2D eigenvalue weighted by Gasteiger charge is -2.26. The Morgan fingerprint density at radius 1 is 1.35 bits per heavy atom. The molecule has 2 rings (SSSR count). The second-order valence-corrected chi connectivity index (χ2v) is 6.32. The fourth-order valence-electron chi connectivity index (χ4n) is 2.70. The minimum absolute atomic E-state index is 0. The average molecular weight is 497 g/mol. The van der Waals surface area contributed by atoms with Gasteiger partial charge in [-0.25, -0.2) is 0 Å². The number of nitrogens with zero attached hydrogens (tertiary/aromatic N) is 2. The second-order valence-electron chi connectivity index (χ2n) is 5.88. The van der Waals surface area contributed by atoms with Gasteiger partial charge in [0, 0.05) is 44.9 Å². The van der Waals surface area contributed by atoms with Gasteiger partial charge < -0.3 is 20.1 Å². The molecular weight excluding hydrogens is 467 g/mol. The molecule has 6 nitrogen and oxygen atoms in total. The summed E-state index contributed by atoms with van der Waals surface area (Å²) >= 11 is 6.07. The summed E-state index contributed by atoms with van der Waals surface area (Å²) in [4.78, 5) is 7.05. The maximum Gasteiger partial charge on any atom is 0.191 e. The number of rotatable bonds is 8. The van der Waals surface area contributed by atoms with Gasteiger partial charge in [0.1, 0.15) is 6.10 Å². The van der Waals surface area contributed by atoms with Gasteiger partial charge in [-0.05, 0) is 24.6 Å². The van der Waals surface area contributed by atoms with E-state index >= 15 is 0 Å². The van der Waals surface area contributed by atoms with E-state index in [9.17, 15) is 0 Å². The summed E-state index contributed by atoms with van der Waals surface area (Å²) in [6, 6.07) is 7.72. The summed E-state index contributed by atoms with van der Waals surface area (Å²) in [6.07, 6.45) is -0.117. The highest BCUT2D eigenvalue weighted by atomic mass is 127. The molecule has 1 fully saturated rings. The molecule has 0 saturated carbocycles.